The van der Waals surface area contributed by atoms with Gasteiger partial charge in [-0.15, -0.1) is 5.10 Å². The van der Waals surface area contributed by atoms with Crippen LogP contribution in [-0.2, 0) is 0 Å². The van der Waals surface area contributed by atoms with E-state index in [0.29, 0.717) is 11.6 Å². The molecule has 0 unspecified atom stereocenters. The Morgan fingerprint density at radius 3 is 2.82 bits per heavy atom. The Kier molecular flexibility index (Phi) is 2.10. The fourth-order valence-electron chi connectivity index (χ4n) is 1.61. The van der Waals surface area contributed by atoms with Crippen molar-refractivity contribution in [1.29, 1.82) is 0 Å². The number of carboxylic acids is 1. The fourth-order valence-corrected chi connectivity index (χ4v) is 1.61. The van der Waals surface area contributed by atoms with Crippen molar-refractivity contribution in [2.24, 2.45) is 0 Å². The topological polar surface area (TPSA) is 93.8 Å². The minimum atomic E-state index is -1.05. The van der Waals surface area contributed by atoms with Crippen molar-refractivity contribution in [3.63, 3.8) is 0 Å². The molecule has 0 bridgehead atoms. The van der Waals surface area contributed by atoms with Crippen molar-refractivity contribution >= 4 is 5.97 Å². The summed E-state index contributed by atoms with van der Waals surface area (Å²) < 4.78 is 1.61. The van der Waals surface area contributed by atoms with E-state index in [-0.39, 0.29) is 5.69 Å². The maximum Gasteiger partial charge on any atom is 0.354 e. The van der Waals surface area contributed by atoms with Gasteiger partial charge in [0.1, 0.15) is 5.69 Å². The molecule has 1 N–H and O–H groups in total. The summed E-state index contributed by atoms with van der Waals surface area (Å²) in [4.78, 5) is 14.5. The number of carbonyl (C=O) groups is 1. The molecule has 1 aliphatic rings. The van der Waals surface area contributed by atoms with Gasteiger partial charge in [-0.1, -0.05) is 0 Å². The first-order valence-electron chi connectivity index (χ1n) is 5.23. The highest BCUT2D eigenvalue weighted by Gasteiger charge is 2.30. The van der Waals surface area contributed by atoms with Crippen molar-refractivity contribution in [3.05, 3.63) is 29.8 Å². The van der Waals surface area contributed by atoms with Gasteiger partial charge in [0.15, 0.2) is 5.82 Å². The van der Waals surface area contributed by atoms with Gasteiger partial charge in [0.25, 0.3) is 0 Å². The first-order chi connectivity index (χ1) is 8.25. The molecule has 1 fully saturated rings. The zero-order valence-corrected chi connectivity index (χ0v) is 8.82. The Labute approximate surface area is 96.1 Å². The molecule has 2 heterocycles. The summed E-state index contributed by atoms with van der Waals surface area (Å²) >= 11 is 0. The van der Waals surface area contributed by atoms with E-state index in [4.69, 9.17) is 5.11 Å². The molecule has 86 valence electrons. The maximum absolute atomic E-state index is 10.7. The van der Waals surface area contributed by atoms with E-state index in [1.54, 1.807) is 10.7 Å². The molecule has 2 aromatic rings. The lowest BCUT2D eigenvalue weighted by molar-refractivity contribution is 0.0690. The third kappa shape index (κ3) is 1.75. The van der Waals surface area contributed by atoms with Crippen molar-refractivity contribution in [1.82, 2.24) is 25.2 Å². The Morgan fingerprint density at radius 2 is 2.24 bits per heavy atom. The SMILES string of the molecule is O=C(O)c1ccc(-n2nnnc2C2CC2)cn1. The summed E-state index contributed by atoms with van der Waals surface area (Å²) in [6.45, 7) is 0. The predicted molar refractivity (Wildman–Crippen MR) is 55.9 cm³/mol. The third-order valence-electron chi connectivity index (χ3n) is 2.65. The van der Waals surface area contributed by atoms with E-state index in [9.17, 15) is 4.79 Å². The second kappa shape index (κ2) is 3.62. The highest BCUT2D eigenvalue weighted by Crippen LogP contribution is 2.38. The van der Waals surface area contributed by atoms with Gasteiger partial charge in [-0.2, -0.15) is 4.68 Å². The predicted octanol–water partition coefficient (Wildman–Crippen LogP) is 0.633. The van der Waals surface area contributed by atoms with Gasteiger partial charge in [-0.05, 0) is 35.4 Å². The number of carboxylic acid groups (broad SMARTS) is 1. The van der Waals surface area contributed by atoms with Gasteiger partial charge in [-0.3, -0.25) is 0 Å². The van der Waals surface area contributed by atoms with Crippen LogP contribution in [-0.4, -0.2) is 36.3 Å². The number of aromatic nitrogens is 5. The maximum atomic E-state index is 10.7. The van der Waals surface area contributed by atoms with Crippen LogP contribution < -0.4 is 0 Å². The average molecular weight is 231 g/mol. The lowest BCUT2D eigenvalue weighted by Gasteiger charge is -2.02. The lowest BCUT2D eigenvalue weighted by Crippen LogP contribution is -2.05. The first kappa shape index (κ1) is 9.88. The average Bonchev–Trinajstić information content (AvgIpc) is 3.07. The number of nitrogens with zero attached hydrogens (tertiary/aromatic N) is 5. The van der Waals surface area contributed by atoms with Crippen LogP contribution in [0.4, 0.5) is 0 Å². The van der Waals surface area contributed by atoms with Crippen LogP contribution in [0.15, 0.2) is 18.3 Å². The zero-order chi connectivity index (χ0) is 11.8. The van der Waals surface area contributed by atoms with Crippen molar-refractivity contribution in [3.8, 4) is 5.69 Å². The zero-order valence-electron chi connectivity index (χ0n) is 8.82. The largest absolute Gasteiger partial charge is 0.477 e. The fraction of sp³-hybridized carbons (Fsp3) is 0.300. The minimum absolute atomic E-state index is 0.00907. The molecule has 0 aromatic carbocycles. The van der Waals surface area contributed by atoms with E-state index in [0.717, 1.165) is 18.7 Å². The molecule has 0 saturated heterocycles. The summed E-state index contributed by atoms with van der Waals surface area (Å²) in [6, 6.07) is 3.09. The number of tetrazole rings is 1. The molecule has 0 atom stereocenters. The van der Waals surface area contributed by atoms with Gasteiger partial charge in [0.2, 0.25) is 0 Å². The lowest BCUT2D eigenvalue weighted by atomic mass is 10.3. The number of pyridine rings is 1. The molecule has 0 spiro atoms. The van der Waals surface area contributed by atoms with E-state index >= 15 is 0 Å². The van der Waals surface area contributed by atoms with Crippen LogP contribution in [0.2, 0.25) is 0 Å². The number of hydrogen-bond donors (Lipinski definition) is 1. The molecule has 2 aromatic heterocycles. The van der Waals surface area contributed by atoms with Gasteiger partial charge >= 0.3 is 5.97 Å². The van der Waals surface area contributed by atoms with Crippen molar-refractivity contribution in [2.45, 2.75) is 18.8 Å². The summed E-state index contributed by atoms with van der Waals surface area (Å²) in [5, 5.41) is 20.2. The van der Waals surface area contributed by atoms with Gasteiger partial charge < -0.3 is 5.11 Å². The van der Waals surface area contributed by atoms with E-state index < -0.39 is 5.97 Å². The molecule has 0 aliphatic heterocycles. The Morgan fingerprint density at radius 1 is 1.41 bits per heavy atom. The van der Waals surface area contributed by atoms with Crippen LogP contribution >= 0.6 is 0 Å². The summed E-state index contributed by atoms with van der Waals surface area (Å²) in [6.07, 6.45) is 3.66. The molecule has 1 saturated carbocycles. The highest BCUT2D eigenvalue weighted by atomic mass is 16.4. The van der Waals surface area contributed by atoms with Crippen molar-refractivity contribution in [2.75, 3.05) is 0 Å². The number of aromatic carboxylic acids is 1. The van der Waals surface area contributed by atoms with E-state index in [1.807, 2.05) is 0 Å². The molecule has 7 nitrogen and oxygen atoms in total. The normalized spacial score (nSPS) is 14.8. The number of rotatable bonds is 3. The summed E-state index contributed by atoms with van der Waals surface area (Å²) in [5.74, 6) is 0.190. The minimum Gasteiger partial charge on any atom is -0.477 e. The molecule has 7 heteroatoms. The van der Waals surface area contributed by atoms with Gasteiger partial charge in [-0.25, -0.2) is 9.78 Å². The Hall–Kier alpha value is -2.31. The van der Waals surface area contributed by atoms with Gasteiger partial charge in [0.05, 0.1) is 11.9 Å². The Bertz CT molecular complexity index is 558. The van der Waals surface area contributed by atoms with E-state index in [2.05, 4.69) is 20.5 Å². The van der Waals surface area contributed by atoms with Crippen LogP contribution in [0.25, 0.3) is 5.69 Å². The van der Waals surface area contributed by atoms with Crippen LogP contribution in [0, 0.1) is 0 Å². The monoisotopic (exact) mass is 231 g/mol. The smallest absolute Gasteiger partial charge is 0.354 e. The van der Waals surface area contributed by atoms with Crippen LogP contribution in [0.3, 0.4) is 0 Å². The van der Waals surface area contributed by atoms with Crippen molar-refractivity contribution < 1.29 is 9.90 Å². The quantitative estimate of drug-likeness (QED) is 0.832. The standard InChI is InChI=1S/C10H9N5O2/c16-10(17)8-4-3-7(5-11-8)15-9(6-1-2-6)12-13-14-15/h3-6H,1-2H2,(H,16,17). The second-order valence-electron chi connectivity index (χ2n) is 3.93. The van der Waals surface area contributed by atoms with E-state index in [1.165, 1.54) is 12.3 Å². The number of hydrogen-bond acceptors (Lipinski definition) is 5. The summed E-state index contributed by atoms with van der Waals surface area (Å²) in [5.41, 5.74) is 0.691. The van der Waals surface area contributed by atoms with Crippen LogP contribution in [0.1, 0.15) is 35.1 Å². The molecular formula is C10H9N5O2. The molecule has 17 heavy (non-hydrogen) atoms. The molecular weight excluding hydrogens is 222 g/mol. The summed E-state index contributed by atoms with van der Waals surface area (Å²) in [7, 11) is 0. The third-order valence-corrected chi connectivity index (χ3v) is 2.65. The Balaban J connectivity index is 1.97. The molecule has 1 aliphatic carbocycles. The molecule has 0 amide bonds. The second-order valence-corrected chi connectivity index (χ2v) is 3.93. The molecule has 3 rings (SSSR count). The van der Waals surface area contributed by atoms with Gasteiger partial charge in [0, 0.05) is 5.92 Å². The first-order valence-corrected chi connectivity index (χ1v) is 5.23. The molecule has 0 radical (unpaired) electrons. The van der Waals surface area contributed by atoms with Crippen LogP contribution in [0.5, 0.6) is 0 Å². The highest BCUT2D eigenvalue weighted by molar-refractivity contribution is 5.85.